The molecule has 5 atom stereocenters. The second-order valence-corrected chi connectivity index (χ2v) is 11.0. The third-order valence-corrected chi connectivity index (χ3v) is 6.01. The van der Waals surface area contributed by atoms with E-state index < -0.39 is 42.9 Å². The molecule has 1 saturated heterocycles. The third-order valence-electron chi connectivity index (χ3n) is 4.56. The van der Waals surface area contributed by atoms with Crippen molar-refractivity contribution < 1.29 is 23.9 Å². The molecule has 0 radical (unpaired) electrons. The number of nitrogens with zero attached hydrogens (tertiary/aromatic N) is 1. The summed E-state index contributed by atoms with van der Waals surface area (Å²) in [5, 5.41) is 10.8. The summed E-state index contributed by atoms with van der Waals surface area (Å²) in [6, 6.07) is 0. The monoisotopic (exact) mass is 404 g/mol. The molecule has 1 aromatic heterocycles. The van der Waals surface area contributed by atoms with Gasteiger partial charge >= 0.3 is 5.69 Å². The number of ether oxygens (including phenoxy) is 3. The Morgan fingerprint density at radius 1 is 1.37 bits per heavy atom. The minimum absolute atomic E-state index is 0.205. The molecule has 2 rings (SSSR count). The molecule has 0 bridgehead atoms. The maximum absolute atomic E-state index is 12.3. The molecular weight excluding hydrogens is 375 g/mol. The summed E-state index contributed by atoms with van der Waals surface area (Å²) < 4.78 is 30.1. The van der Waals surface area contributed by atoms with Gasteiger partial charge in [-0.15, -0.1) is 0 Å². The molecule has 0 spiro atoms. The highest BCUT2D eigenvalue weighted by molar-refractivity contribution is 7.62. The van der Waals surface area contributed by atoms with Crippen LogP contribution in [0, 0.1) is 12.8 Å². The smallest absolute Gasteiger partial charge is 0.330 e. The average Bonchev–Trinajstić information content (AvgIpc) is 2.87. The van der Waals surface area contributed by atoms with E-state index in [1.165, 1.54) is 17.9 Å². The minimum Gasteiger partial charge on any atom is -0.387 e. The van der Waals surface area contributed by atoms with Gasteiger partial charge in [0.05, 0.1) is 26.5 Å². The van der Waals surface area contributed by atoms with Gasteiger partial charge in [-0.25, -0.2) is 4.79 Å². The maximum atomic E-state index is 12.3. The molecule has 27 heavy (non-hydrogen) atoms. The van der Waals surface area contributed by atoms with E-state index in [2.05, 4.69) is 4.98 Å². The van der Waals surface area contributed by atoms with Crippen LogP contribution < -0.4 is 11.2 Å². The maximum Gasteiger partial charge on any atom is 0.330 e. The molecule has 1 aliphatic rings. The van der Waals surface area contributed by atoms with Crippen molar-refractivity contribution in [2.75, 3.05) is 39.8 Å². The molecule has 2 heterocycles. The lowest BCUT2D eigenvalue weighted by Gasteiger charge is -2.24. The van der Waals surface area contributed by atoms with Crippen LogP contribution in [-0.4, -0.2) is 72.8 Å². The molecule has 1 aromatic rings. The van der Waals surface area contributed by atoms with E-state index in [-0.39, 0.29) is 12.5 Å². The van der Waals surface area contributed by atoms with Gasteiger partial charge in [-0.05, 0) is 26.2 Å². The Morgan fingerprint density at radius 3 is 2.63 bits per heavy atom. The Bertz CT molecular complexity index is 799. The topological polar surface area (TPSA) is 120 Å². The molecule has 9 nitrogen and oxygen atoms in total. The predicted molar refractivity (Wildman–Crippen MR) is 101 cm³/mol. The van der Waals surface area contributed by atoms with Crippen LogP contribution in [0.4, 0.5) is 0 Å². The van der Waals surface area contributed by atoms with E-state index in [1.807, 2.05) is 6.92 Å². The van der Waals surface area contributed by atoms with Gasteiger partial charge in [-0.3, -0.25) is 14.3 Å². The van der Waals surface area contributed by atoms with Gasteiger partial charge in [0.25, 0.3) is 5.56 Å². The third kappa shape index (κ3) is 5.39. The van der Waals surface area contributed by atoms with Crippen molar-refractivity contribution in [3.63, 3.8) is 0 Å². The first-order valence-corrected chi connectivity index (χ1v) is 11.6. The number of methoxy groups -OCH3 is 1. The molecule has 10 heteroatoms. The van der Waals surface area contributed by atoms with Crippen LogP contribution in [-0.2, 0) is 18.8 Å². The fourth-order valence-electron chi connectivity index (χ4n) is 3.39. The van der Waals surface area contributed by atoms with Gasteiger partial charge in [0.1, 0.15) is 12.2 Å². The zero-order chi connectivity index (χ0) is 20.4. The molecule has 0 aliphatic carbocycles. The Balaban J connectivity index is 2.35. The average molecular weight is 404 g/mol. The summed E-state index contributed by atoms with van der Waals surface area (Å²) in [6.45, 7) is 7.31. The number of rotatable bonds is 8. The van der Waals surface area contributed by atoms with Crippen molar-refractivity contribution in [1.82, 2.24) is 9.55 Å². The number of aliphatic hydroxyl groups excluding tert-OH is 1. The Kier molecular flexibility index (Phi) is 7.21. The molecule has 1 fully saturated rings. The molecular formula is C17H29N2O7P. The summed E-state index contributed by atoms with van der Waals surface area (Å²) in [5.74, 6) is -0.209. The normalized spacial score (nSPS) is 27.0. The van der Waals surface area contributed by atoms with E-state index in [4.69, 9.17) is 14.2 Å². The van der Waals surface area contributed by atoms with E-state index in [1.54, 1.807) is 20.3 Å². The lowest BCUT2D eigenvalue weighted by atomic mass is 10.00. The van der Waals surface area contributed by atoms with Gasteiger partial charge in [0.2, 0.25) is 0 Å². The van der Waals surface area contributed by atoms with Crippen LogP contribution in [0.1, 0.15) is 18.7 Å². The van der Waals surface area contributed by atoms with Crippen LogP contribution in [0.3, 0.4) is 0 Å². The zero-order valence-electron chi connectivity index (χ0n) is 16.4. The van der Waals surface area contributed by atoms with E-state index >= 15 is 0 Å². The fourth-order valence-corrected chi connectivity index (χ4v) is 4.99. The SMILES string of the molecule is COCCO[C@@H]1[C@H](O)[C@@H]([C@@H](C)CP(C)(C)=O)O[C@H]1n1cc(C)c(=O)[nH]c1=O. The summed E-state index contributed by atoms with van der Waals surface area (Å²) in [7, 11) is -0.799. The second-order valence-electron chi connectivity index (χ2n) is 7.52. The fraction of sp³-hybridized carbons (Fsp3) is 0.765. The van der Waals surface area contributed by atoms with E-state index in [9.17, 15) is 19.3 Å². The molecule has 0 unspecified atom stereocenters. The summed E-state index contributed by atoms with van der Waals surface area (Å²) in [6.07, 6.45) is -1.64. The highest BCUT2D eigenvalue weighted by Gasteiger charge is 2.48. The number of hydrogen-bond donors (Lipinski definition) is 2. The molecule has 0 saturated carbocycles. The first kappa shape index (κ1) is 22.0. The number of nitrogens with one attached hydrogen (secondary N) is 1. The highest BCUT2D eigenvalue weighted by atomic mass is 31.2. The van der Waals surface area contributed by atoms with Crippen LogP contribution in [0.25, 0.3) is 0 Å². The molecule has 2 N–H and O–H groups in total. The van der Waals surface area contributed by atoms with Gasteiger partial charge in [0, 0.05) is 25.0 Å². The molecule has 154 valence electrons. The Morgan fingerprint density at radius 2 is 2.04 bits per heavy atom. The van der Waals surface area contributed by atoms with Gasteiger partial charge in [0.15, 0.2) is 6.23 Å². The lowest BCUT2D eigenvalue weighted by molar-refractivity contribution is -0.0818. The van der Waals surface area contributed by atoms with Crippen LogP contribution in [0.2, 0.25) is 0 Å². The van der Waals surface area contributed by atoms with Crippen molar-refractivity contribution in [2.45, 2.75) is 38.4 Å². The second kappa shape index (κ2) is 8.84. The molecule has 0 amide bonds. The van der Waals surface area contributed by atoms with Crippen molar-refractivity contribution in [1.29, 1.82) is 0 Å². The first-order chi connectivity index (χ1) is 12.5. The zero-order valence-corrected chi connectivity index (χ0v) is 17.3. The lowest BCUT2D eigenvalue weighted by Crippen LogP contribution is -2.40. The van der Waals surface area contributed by atoms with Gasteiger partial charge < -0.3 is 23.9 Å². The number of aromatic nitrogens is 2. The number of H-pyrrole nitrogens is 1. The van der Waals surface area contributed by atoms with E-state index in [0.29, 0.717) is 18.3 Å². The van der Waals surface area contributed by atoms with Crippen molar-refractivity contribution >= 4 is 7.14 Å². The van der Waals surface area contributed by atoms with Crippen molar-refractivity contribution in [3.8, 4) is 0 Å². The van der Waals surface area contributed by atoms with Crippen LogP contribution in [0.5, 0.6) is 0 Å². The molecule has 1 aliphatic heterocycles. The Hall–Kier alpha value is -1.25. The minimum atomic E-state index is -2.33. The van der Waals surface area contributed by atoms with Gasteiger partial charge in [-0.2, -0.15) is 0 Å². The quantitative estimate of drug-likeness (QED) is 0.475. The highest BCUT2D eigenvalue weighted by Crippen LogP contribution is 2.42. The van der Waals surface area contributed by atoms with E-state index in [0.717, 1.165) is 0 Å². The standard InChI is InChI=1S/C17H29N2O7P/c1-10-8-19(17(22)18-15(10)21)16-14(25-7-6-24-3)12(20)13(26-16)11(2)9-27(4,5)23/h8,11-14,16,20H,6-7,9H2,1-5H3,(H,18,21,22)/t11-,12+,13+,14+,16+/m0/s1. The number of aromatic amines is 1. The predicted octanol–water partition coefficient (Wildman–Crippen LogP) is 0.394. The van der Waals surface area contributed by atoms with Gasteiger partial charge in [-0.1, -0.05) is 6.92 Å². The van der Waals surface area contributed by atoms with Crippen molar-refractivity contribution in [2.24, 2.45) is 5.92 Å². The number of aryl methyl sites for hydroxylation is 1. The first-order valence-electron chi connectivity index (χ1n) is 8.85. The largest absolute Gasteiger partial charge is 0.387 e. The summed E-state index contributed by atoms with van der Waals surface area (Å²) in [4.78, 5) is 26.2. The summed E-state index contributed by atoms with van der Waals surface area (Å²) >= 11 is 0. The number of aliphatic hydroxyl groups is 1. The number of hydrogen-bond acceptors (Lipinski definition) is 7. The van der Waals surface area contributed by atoms with Crippen LogP contribution >= 0.6 is 7.14 Å². The Labute approximate surface area is 158 Å². The molecule has 0 aromatic carbocycles. The summed E-state index contributed by atoms with van der Waals surface area (Å²) in [5.41, 5.74) is -0.783. The van der Waals surface area contributed by atoms with Crippen LogP contribution in [0.15, 0.2) is 15.8 Å². The van der Waals surface area contributed by atoms with Crippen molar-refractivity contribution in [3.05, 3.63) is 32.6 Å².